The molecule has 0 radical (unpaired) electrons. The van der Waals surface area contributed by atoms with Crippen molar-refractivity contribution in [1.82, 2.24) is 4.98 Å². The molecule has 0 spiro atoms. The number of alkyl halides is 3. The van der Waals surface area contributed by atoms with E-state index in [0.29, 0.717) is 23.0 Å². The third-order valence-electron chi connectivity index (χ3n) is 1.81. The first-order chi connectivity index (χ1) is 7.09. The van der Waals surface area contributed by atoms with Crippen LogP contribution in [0.5, 0.6) is 0 Å². The van der Waals surface area contributed by atoms with Crippen molar-refractivity contribution < 1.29 is 13.2 Å². The lowest BCUT2D eigenvalue weighted by molar-refractivity contribution is -0.134. The Hall–Kier alpha value is -0.780. The molecule has 16 heavy (non-hydrogen) atoms. The summed E-state index contributed by atoms with van der Waals surface area (Å²) >= 11 is 0.678. The quantitative estimate of drug-likeness (QED) is 0.798. The van der Waals surface area contributed by atoms with Gasteiger partial charge in [0, 0.05) is 13.6 Å². The zero-order chi connectivity index (χ0) is 12.6. The van der Waals surface area contributed by atoms with E-state index in [2.05, 4.69) is 4.98 Å². The van der Waals surface area contributed by atoms with Crippen LogP contribution in [0, 0.1) is 5.41 Å². The highest BCUT2D eigenvalue weighted by Crippen LogP contribution is 2.36. The molecule has 0 bridgehead atoms. The van der Waals surface area contributed by atoms with Crippen molar-refractivity contribution in [2.45, 2.75) is 26.9 Å². The van der Waals surface area contributed by atoms with Crippen LogP contribution in [0.25, 0.3) is 0 Å². The van der Waals surface area contributed by atoms with Crippen LogP contribution >= 0.6 is 11.3 Å². The largest absolute Gasteiger partial charge is 0.427 e. The monoisotopic (exact) mass is 252 g/mol. The maximum absolute atomic E-state index is 12.4. The molecule has 1 aromatic rings. The minimum absolute atomic E-state index is 0.0266. The van der Waals surface area contributed by atoms with E-state index in [1.165, 1.54) is 0 Å². The molecule has 0 fully saturated rings. The van der Waals surface area contributed by atoms with E-state index in [0.717, 1.165) is 6.20 Å². The lowest BCUT2D eigenvalue weighted by Gasteiger charge is -2.26. The first-order valence-corrected chi connectivity index (χ1v) is 5.65. The Morgan fingerprint density at radius 2 is 1.88 bits per heavy atom. The summed E-state index contributed by atoms with van der Waals surface area (Å²) in [7, 11) is 1.75. The summed E-state index contributed by atoms with van der Waals surface area (Å²) in [5.74, 6) is 0. The highest BCUT2D eigenvalue weighted by molar-refractivity contribution is 7.15. The van der Waals surface area contributed by atoms with Gasteiger partial charge in [0.1, 0.15) is 4.88 Å². The van der Waals surface area contributed by atoms with Crippen LogP contribution in [0.2, 0.25) is 0 Å². The Balaban J connectivity index is 2.79. The van der Waals surface area contributed by atoms with E-state index in [1.54, 1.807) is 11.9 Å². The van der Waals surface area contributed by atoms with Crippen LogP contribution in [-0.4, -0.2) is 18.6 Å². The number of rotatable bonds is 2. The first kappa shape index (κ1) is 13.3. The van der Waals surface area contributed by atoms with Gasteiger partial charge in [0.25, 0.3) is 0 Å². The van der Waals surface area contributed by atoms with E-state index in [1.807, 2.05) is 20.8 Å². The fourth-order valence-electron chi connectivity index (χ4n) is 1.35. The number of hydrogen-bond donors (Lipinski definition) is 0. The van der Waals surface area contributed by atoms with Gasteiger partial charge in [-0.15, -0.1) is 0 Å². The number of nitrogens with zero attached hydrogens (tertiary/aromatic N) is 2. The number of halogens is 3. The maximum Gasteiger partial charge on any atom is 0.427 e. The number of aromatic nitrogens is 1. The number of anilines is 1. The molecule has 0 saturated carbocycles. The van der Waals surface area contributed by atoms with Crippen LogP contribution < -0.4 is 4.90 Å². The average Bonchev–Trinajstić information content (AvgIpc) is 2.46. The summed E-state index contributed by atoms with van der Waals surface area (Å²) in [5, 5.41) is 0.405. The zero-order valence-corrected chi connectivity index (χ0v) is 10.5. The standard InChI is InChI=1S/C10H15F3N2S/c1-9(2,3)6-15(4)8-14-5-7(16-8)10(11,12)13/h5H,6H2,1-4H3. The van der Waals surface area contributed by atoms with Crippen LogP contribution in [0.1, 0.15) is 25.6 Å². The van der Waals surface area contributed by atoms with Crippen molar-refractivity contribution >= 4 is 16.5 Å². The third kappa shape index (κ3) is 3.66. The topological polar surface area (TPSA) is 16.1 Å². The van der Waals surface area contributed by atoms with Gasteiger partial charge in [-0.1, -0.05) is 32.1 Å². The van der Waals surface area contributed by atoms with Crippen LogP contribution in [-0.2, 0) is 6.18 Å². The molecule has 1 aromatic heterocycles. The van der Waals surface area contributed by atoms with Gasteiger partial charge in [-0.3, -0.25) is 0 Å². The predicted molar refractivity (Wildman–Crippen MR) is 59.8 cm³/mol. The smallest absolute Gasteiger partial charge is 0.351 e. The molecule has 0 saturated heterocycles. The molecule has 0 aliphatic heterocycles. The minimum Gasteiger partial charge on any atom is -0.351 e. The SMILES string of the molecule is CN(CC(C)(C)C)c1ncc(C(F)(F)F)s1. The van der Waals surface area contributed by atoms with E-state index in [-0.39, 0.29) is 5.41 Å². The molecule has 0 atom stereocenters. The molecule has 6 heteroatoms. The Morgan fingerprint density at radius 3 is 2.25 bits per heavy atom. The van der Waals surface area contributed by atoms with Gasteiger partial charge in [0.15, 0.2) is 5.13 Å². The van der Waals surface area contributed by atoms with Crippen molar-refractivity contribution in [3.8, 4) is 0 Å². The summed E-state index contributed by atoms with van der Waals surface area (Å²) < 4.78 is 37.1. The summed E-state index contributed by atoms with van der Waals surface area (Å²) in [6.45, 7) is 6.75. The highest BCUT2D eigenvalue weighted by Gasteiger charge is 2.33. The Bertz CT molecular complexity index is 352. The molecule has 0 aliphatic rings. The van der Waals surface area contributed by atoms with Crippen LogP contribution in [0.3, 0.4) is 0 Å². The van der Waals surface area contributed by atoms with Gasteiger partial charge >= 0.3 is 6.18 Å². The molecule has 0 unspecified atom stereocenters. The molecule has 2 nitrogen and oxygen atoms in total. The second-order valence-electron chi connectivity index (χ2n) is 4.92. The number of hydrogen-bond acceptors (Lipinski definition) is 3. The molecule has 1 heterocycles. The minimum atomic E-state index is -4.29. The summed E-state index contributed by atoms with van der Waals surface area (Å²) in [5.41, 5.74) is 0.0266. The molecule has 1 rings (SSSR count). The molecule has 0 aliphatic carbocycles. The zero-order valence-electron chi connectivity index (χ0n) is 9.72. The first-order valence-electron chi connectivity index (χ1n) is 4.84. The lowest BCUT2D eigenvalue weighted by Crippen LogP contribution is -2.28. The van der Waals surface area contributed by atoms with Gasteiger partial charge in [0.2, 0.25) is 0 Å². The molecular weight excluding hydrogens is 237 g/mol. The van der Waals surface area contributed by atoms with Crippen molar-refractivity contribution in [3.63, 3.8) is 0 Å². The van der Waals surface area contributed by atoms with Crippen LogP contribution in [0.15, 0.2) is 6.20 Å². The molecule has 0 N–H and O–H groups in total. The molecular formula is C10H15F3N2S. The van der Waals surface area contributed by atoms with Crippen molar-refractivity contribution in [2.75, 3.05) is 18.5 Å². The van der Waals surface area contributed by atoms with Gasteiger partial charge in [-0.2, -0.15) is 13.2 Å². The fourth-order valence-corrected chi connectivity index (χ4v) is 2.10. The highest BCUT2D eigenvalue weighted by atomic mass is 32.1. The maximum atomic E-state index is 12.4. The Morgan fingerprint density at radius 1 is 1.31 bits per heavy atom. The molecule has 0 amide bonds. The van der Waals surface area contributed by atoms with Gasteiger partial charge < -0.3 is 4.90 Å². The number of thiazole rings is 1. The van der Waals surface area contributed by atoms with Gasteiger partial charge in [0.05, 0.1) is 6.20 Å². The summed E-state index contributed by atoms with van der Waals surface area (Å²) in [6, 6.07) is 0. The average molecular weight is 252 g/mol. The van der Waals surface area contributed by atoms with Crippen molar-refractivity contribution in [3.05, 3.63) is 11.1 Å². The normalized spacial score (nSPS) is 12.9. The predicted octanol–water partition coefficient (Wildman–Crippen LogP) is 3.64. The Kier molecular flexibility index (Phi) is 3.52. The van der Waals surface area contributed by atoms with Crippen LogP contribution in [0.4, 0.5) is 18.3 Å². The van der Waals surface area contributed by atoms with E-state index < -0.39 is 11.1 Å². The summed E-state index contributed by atoms with van der Waals surface area (Å²) in [6.07, 6.45) is -3.41. The lowest BCUT2D eigenvalue weighted by atomic mass is 9.96. The second kappa shape index (κ2) is 4.24. The Labute approximate surface area is 97.1 Å². The second-order valence-corrected chi connectivity index (χ2v) is 5.93. The van der Waals surface area contributed by atoms with Crippen molar-refractivity contribution in [2.24, 2.45) is 5.41 Å². The fraction of sp³-hybridized carbons (Fsp3) is 0.700. The van der Waals surface area contributed by atoms with E-state index in [9.17, 15) is 13.2 Å². The molecule has 92 valence electrons. The van der Waals surface area contributed by atoms with E-state index >= 15 is 0 Å². The summed E-state index contributed by atoms with van der Waals surface area (Å²) in [4.78, 5) is 4.89. The van der Waals surface area contributed by atoms with Gasteiger partial charge in [-0.25, -0.2) is 4.98 Å². The van der Waals surface area contributed by atoms with Gasteiger partial charge in [-0.05, 0) is 5.41 Å². The third-order valence-corrected chi connectivity index (χ3v) is 2.97. The molecule has 0 aromatic carbocycles. The van der Waals surface area contributed by atoms with E-state index in [4.69, 9.17) is 0 Å². The van der Waals surface area contributed by atoms with Crippen molar-refractivity contribution in [1.29, 1.82) is 0 Å².